The number of amides is 2. The number of carbonyl (C=O) groups excluding carboxylic acids is 1. The molecule has 0 fully saturated rings. The third-order valence-corrected chi connectivity index (χ3v) is 4.13. The maximum Gasteiger partial charge on any atom is 0.315 e. The number of aliphatic hydroxyl groups is 1. The lowest BCUT2D eigenvalue weighted by Crippen LogP contribution is -2.42. The molecule has 1 heterocycles. The Hall–Kier alpha value is -1.04. The summed E-state index contributed by atoms with van der Waals surface area (Å²) in [4.78, 5) is 12.4. The molecule has 0 aliphatic rings. The summed E-state index contributed by atoms with van der Waals surface area (Å²) in [5.74, 6) is 0. The molecule has 2 amide bonds. The topological polar surface area (TPSA) is 61.4 Å². The Labute approximate surface area is 128 Å². The van der Waals surface area contributed by atoms with Gasteiger partial charge in [0.05, 0.1) is 10.9 Å². The molecule has 0 saturated heterocycles. The summed E-state index contributed by atoms with van der Waals surface area (Å²) in [7, 11) is 0. The quantitative estimate of drug-likeness (QED) is 0.508. The van der Waals surface area contributed by atoms with Crippen molar-refractivity contribution < 1.29 is 9.90 Å². The molecule has 1 aromatic rings. The van der Waals surface area contributed by atoms with E-state index in [1.165, 1.54) is 11.3 Å². The van der Waals surface area contributed by atoms with Gasteiger partial charge in [0.15, 0.2) is 0 Å². The van der Waals surface area contributed by atoms with E-state index < -0.39 is 6.10 Å². The predicted molar refractivity (Wildman–Crippen MR) is 84.3 cm³/mol. The molecule has 112 valence electrons. The summed E-state index contributed by atoms with van der Waals surface area (Å²) in [5, 5.41) is 15.4. The van der Waals surface area contributed by atoms with Gasteiger partial charge in [0.1, 0.15) is 6.10 Å². The summed E-state index contributed by atoms with van der Waals surface area (Å²) in [6.07, 6.45) is 4.00. The van der Waals surface area contributed by atoms with Gasteiger partial charge in [0.2, 0.25) is 0 Å². The van der Waals surface area contributed by atoms with Gasteiger partial charge in [-0.05, 0) is 38.3 Å². The number of allylic oxidation sites excluding steroid dienone is 1. The number of urea groups is 1. The highest BCUT2D eigenvalue weighted by Crippen LogP contribution is 2.26. The number of halogens is 1. The first kappa shape index (κ1) is 17.0. The maximum absolute atomic E-state index is 11.7. The van der Waals surface area contributed by atoms with Crippen molar-refractivity contribution in [3.63, 3.8) is 0 Å². The van der Waals surface area contributed by atoms with Crippen LogP contribution in [0.4, 0.5) is 4.79 Å². The SMILES string of the molecule is C=CCCCC(C)NC(=O)NCC(O)c1ccc(Cl)s1. The monoisotopic (exact) mass is 316 g/mol. The molecular weight excluding hydrogens is 296 g/mol. The van der Waals surface area contributed by atoms with Gasteiger partial charge in [-0.3, -0.25) is 0 Å². The zero-order chi connectivity index (χ0) is 15.0. The fourth-order valence-electron chi connectivity index (χ4n) is 1.71. The number of carbonyl (C=O) groups is 1. The highest BCUT2D eigenvalue weighted by molar-refractivity contribution is 7.16. The Morgan fingerprint density at radius 1 is 1.60 bits per heavy atom. The van der Waals surface area contributed by atoms with E-state index in [0.29, 0.717) is 4.34 Å². The van der Waals surface area contributed by atoms with Crippen LogP contribution in [0.5, 0.6) is 0 Å². The summed E-state index contributed by atoms with van der Waals surface area (Å²) < 4.78 is 0.624. The molecule has 6 heteroatoms. The summed E-state index contributed by atoms with van der Waals surface area (Å²) in [5.41, 5.74) is 0. The van der Waals surface area contributed by atoms with E-state index >= 15 is 0 Å². The molecule has 20 heavy (non-hydrogen) atoms. The van der Waals surface area contributed by atoms with Gasteiger partial charge in [-0.15, -0.1) is 17.9 Å². The van der Waals surface area contributed by atoms with Crippen LogP contribution >= 0.6 is 22.9 Å². The standard InChI is InChI=1S/C14H21ClN2O2S/c1-3-4-5-6-10(2)17-14(19)16-9-11(18)12-7-8-13(15)20-12/h3,7-8,10-11,18H,1,4-6,9H2,2H3,(H2,16,17,19). The van der Waals surface area contributed by atoms with Crippen LogP contribution in [-0.4, -0.2) is 23.7 Å². The zero-order valence-corrected chi connectivity index (χ0v) is 13.1. The number of hydrogen-bond acceptors (Lipinski definition) is 3. The molecule has 4 nitrogen and oxygen atoms in total. The van der Waals surface area contributed by atoms with E-state index in [-0.39, 0.29) is 18.6 Å². The first-order valence-electron chi connectivity index (χ1n) is 6.61. The van der Waals surface area contributed by atoms with Gasteiger partial charge < -0.3 is 15.7 Å². The third kappa shape index (κ3) is 6.41. The average molecular weight is 317 g/mol. The van der Waals surface area contributed by atoms with E-state index in [1.807, 2.05) is 13.0 Å². The van der Waals surface area contributed by atoms with Gasteiger partial charge >= 0.3 is 6.03 Å². The molecule has 1 rings (SSSR count). The van der Waals surface area contributed by atoms with Crippen LogP contribution in [0.25, 0.3) is 0 Å². The minimum Gasteiger partial charge on any atom is -0.386 e. The fourth-order valence-corrected chi connectivity index (χ4v) is 2.76. The minimum atomic E-state index is -0.727. The highest BCUT2D eigenvalue weighted by Gasteiger charge is 2.12. The van der Waals surface area contributed by atoms with Crippen molar-refractivity contribution in [1.82, 2.24) is 10.6 Å². The summed E-state index contributed by atoms with van der Waals surface area (Å²) in [6, 6.07) is 3.32. The lowest BCUT2D eigenvalue weighted by atomic mass is 10.1. The van der Waals surface area contributed by atoms with Crippen LogP contribution in [0.15, 0.2) is 24.8 Å². The van der Waals surface area contributed by atoms with Crippen LogP contribution in [0.3, 0.4) is 0 Å². The Bertz CT molecular complexity index is 437. The molecule has 2 unspecified atom stereocenters. The van der Waals surface area contributed by atoms with Crippen LogP contribution in [-0.2, 0) is 0 Å². The molecule has 0 bridgehead atoms. The second-order valence-corrected chi connectivity index (χ2v) is 6.38. The Morgan fingerprint density at radius 3 is 2.95 bits per heavy atom. The molecule has 0 aliphatic heterocycles. The first-order valence-corrected chi connectivity index (χ1v) is 7.81. The molecule has 0 aliphatic carbocycles. The Morgan fingerprint density at radius 2 is 2.35 bits per heavy atom. The molecule has 0 saturated carbocycles. The van der Waals surface area contributed by atoms with Gasteiger partial charge in [-0.2, -0.15) is 0 Å². The van der Waals surface area contributed by atoms with Crippen LogP contribution in [0, 0.1) is 0 Å². The summed E-state index contributed by atoms with van der Waals surface area (Å²) in [6.45, 7) is 5.79. The second-order valence-electron chi connectivity index (χ2n) is 4.63. The number of rotatable bonds is 8. The van der Waals surface area contributed by atoms with Crippen molar-refractivity contribution >= 4 is 29.0 Å². The normalized spacial score (nSPS) is 13.6. The first-order chi connectivity index (χ1) is 9.52. The lowest BCUT2D eigenvalue weighted by Gasteiger charge is -2.15. The maximum atomic E-state index is 11.7. The van der Waals surface area contributed by atoms with E-state index in [9.17, 15) is 9.90 Å². The van der Waals surface area contributed by atoms with Crippen molar-refractivity contribution in [3.05, 3.63) is 34.0 Å². The van der Waals surface area contributed by atoms with Gasteiger partial charge in [-0.25, -0.2) is 4.79 Å². The molecule has 0 spiro atoms. The van der Waals surface area contributed by atoms with Crippen LogP contribution in [0.2, 0.25) is 4.34 Å². The number of thiophene rings is 1. The van der Waals surface area contributed by atoms with E-state index in [1.54, 1.807) is 12.1 Å². The van der Waals surface area contributed by atoms with Crippen molar-refractivity contribution in [3.8, 4) is 0 Å². The minimum absolute atomic E-state index is 0.100. The van der Waals surface area contributed by atoms with E-state index in [2.05, 4.69) is 17.2 Å². The molecule has 1 aromatic heterocycles. The van der Waals surface area contributed by atoms with E-state index in [4.69, 9.17) is 11.6 Å². The molecule has 2 atom stereocenters. The highest BCUT2D eigenvalue weighted by atomic mass is 35.5. The van der Waals surface area contributed by atoms with Gasteiger partial charge in [0.25, 0.3) is 0 Å². The Kier molecular flexibility index (Phi) is 7.65. The van der Waals surface area contributed by atoms with Gasteiger partial charge in [0, 0.05) is 10.9 Å². The lowest BCUT2D eigenvalue weighted by molar-refractivity contribution is 0.175. The largest absolute Gasteiger partial charge is 0.386 e. The van der Waals surface area contributed by atoms with Crippen molar-refractivity contribution in [2.75, 3.05) is 6.54 Å². The average Bonchev–Trinajstić information content (AvgIpc) is 2.83. The smallest absolute Gasteiger partial charge is 0.315 e. The molecule has 0 radical (unpaired) electrons. The zero-order valence-electron chi connectivity index (χ0n) is 11.6. The van der Waals surface area contributed by atoms with Gasteiger partial charge in [-0.1, -0.05) is 17.7 Å². The van der Waals surface area contributed by atoms with Crippen molar-refractivity contribution in [2.45, 2.75) is 38.3 Å². The van der Waals surface area contributed by atoms with E-state index in [0.717, 1.165) is 24.1 Å². The Balaban J connectivity index is 2.23. The number of hydrogen-bond donors (Lipinski definition) is 3. The molecule has 0 aromatic carbocycles. The van der Waals surface area contributed by atoms with Crippen LogP contribution in [0.1, 0.15) is 37.2 Å². The molecule has 3 N–H and O–H groups in total. The third-order valence-electron chi connectivity index (χ3n) is 2.80. The molecular formula is C14H21ClN2O2S. The number of unbranched alkanes of at least 4 members (excludes halogenated alkanes) is 1. The van der Waals surface area contributed by atoms with Crippen LogP contribution < -0.4 is 10.6 Å². The predicted octanol–water partition coefficient (Wildman–Crippen LogP) is 3.48. The van der Waals surface area contributed by atoms with Crippen molar-refractivity contribution in [2.24, 2.45) is 0 Å². The number of aliphatic hydroxyl groups excluding tert-OH is 1. The fraction of sp³-hybridized carbons (Fsp3) is 0.500. The number of nitrogens with one attached hydrogen (secondary N) is 2. The van der Waals surface area contributed by atoms with Crippen molar-refractivity contribution in [1.29, 1.82) is 0 Å². The second kappa shape index (κ2) is 9.00. The summed E-state index contributed by atoms with van der Waals surface area (Å²) >= 11 is 7.11.